The van der Waals surface area contributed by atoms with Gasteiger partial charge in [-0.25, -0.2) is 8.42 Å². The maximum absolute atomic E-state index is 13.0. The molecular weight excluding hydrogens is 423 g/mol. The summed E-state index contributed by atoms with van der Waals surface area (Å²) >= 11 is 12.2. The van der Waals surface area contributed by atoms with Crippen LogP contribution in [-0.2, 0) is 10.0 Å². The van der Waals surface area contributed by atoms with Crippen molar-refractivity contribution in [1.82, 2.24) is 24.5 Å². The Morgan fingerprint density at radius 1 is 0.857 bits per heavy atom. The number of nitrogens with zero attached hydrogens (tertiary/aromatic N) is 6. The lowest BCUT2D eigenvalue weighted by Crippen LogP contribution is -2.49. The van der Waals surface area contributed by atoms with Crippen molar-refractivity contribution in [1.29, 1.82) is 0 Å². The molecule has 0 amide bonds. The number of benzene rings is 2. The van der Waals surface area contributed by atoms with Gasteiger partial charge in [0.15, 0.2) is 0 Å². The zero-order valence-corrected chi connectivity index (χ0v) is 16.9. The molecule has 3 aromatic rings. The second-order valence-corrected chi connectivity index (χ2v) is 8.86. The standard InChI is InChI=1S/C17H16Cl2N6O2S/c18-14-7-4-8-15(19)16(14)28(26,27)24-11-9-23(10-12-24)17-20-21-22-25(17)13-5-2-1-3-6-13/h1-8H,9-12H2. The van der Waals surface area contributed by atoms with E-state index in [1.807, 2.05) is 35.2 Å². The predicted molar refractivity (Wildman–Crippen MR) is 107 cm³/mol. The molecule has 0 radical (unpaired) electrons. The molecule has 1 fully saturated rings. The van der Waals surface area contributed by atoms with Gasteiger partial charge in [0.25, 0.3) is 0 Å². The summed E-state index contributed by atoms with van der Waals surface area (Å²) in [7, 11) is -3.79. The van der Waals surface area contributed by atoms with Gasteiger partial charge in [0, 0.05) is 26.2 Å². The van der Waals surface area contributed by atoms with Gasteiger partial charge in [0.2, 0.25) is 16.0 Å². The fourth-order valence-corrected chi connectivity index (χ4v) is 5.62. The number of hydrogen-bond donors (Lipinski definition) is 0. The van der Waals surface area contributed by atoms with E-state index in [0.29, 0.717) is 19.0 Å². The van der Waals surface area contributed by atoms with Gasteiger partial charge in [-0.05, 0) is 34.7 Å². The molecule has 0 aliphatic carbocycles. The highest BCUT2D eigenvalue weighted by molar-refractivity contribution is 7.89. The van der Waals surface area contributed by atoms with Gasteiger partial charge in [-0.1, -0.05) is 52.6 Å². The van der Waals surface area contributed by atoms with Gasteiger partial charge in [0.1, 0.15) is 4.90 Å². The van der Waals surface area contributed by atoms with Crippen molar-refractivity contribution in [2.45, 2.75) is 4.90 Å². The third-order valence-corrected chi connectivity index (χ3v) is 7.35. The highest BCUT2D eigenvalue weighted by Gasteiger charge is 2.33. The number of anilines is 1. The first-order valence-corrected chi connectivity index (χ1v) is 10.7. The first-order valence-electron chi connectivity index (χ1n) is 8.51. The zero-order chi connectivity index (χ0) is 19.7. The second-order valence-electron chi connectivity index (χ2n) is 6.17. The fourth-order valence-electron chi connectivity index (χ4n) is 3.10. The number of rotatable bonds is 4. The van der Waals surface area contributed by atoms with Crippen LogP contribution in [-0.4, -0.2) is 59.1 Å². The average molecular weight is 439 g/mol. The van der Waals surface area contributed by atoms with Crippen LogP contribution in [0.1, 0.15) is 0 Å². The van der Waals surface area contributed by atoms with Crippen LogP contribution in [0.2, 0.25) is 10.0 Å². The monoisotopic (exact) mass is 438 g/mol. The molecule has 1 saturated heterocycles. The van der Waals surface area contributed by atoms with Crippen molar-refractivity contribution < 1.29 is 8.42 Å². The minimum absolute atomic E-state index is 0.0547. The summed E-state index contributed by atoms with van der Waals surface area (Å²) < 4.78 is 29.0. The Morgan fingerprint density at radius 3 is 2.14 bits per heavy atom. The van der Waals surface area contributed by atoms with Crippen LogP contribution in [0.15, 0.2) is 53.4 Å². The molecular formula is C17H16Cl2N6O2S. The van der Waals surface area contributed by atoms with E-state index in [2.05, 4.69) is 15.5 Å². The fraction of sp³-hybridized carbons (Fsp3) is 0.235. The number of halogens is 2. The van der Waals surface area contributed by atoms with Crippen LogP contribution in [0.3, 0.4) is 0 Å². The van der Waals surface area contributed by atoms with Crippen molar-refractivity contribution in [2.75, 3.05) is 31.1 Å². The Labute approximate surface area is 172 Å². The number of hydrogen-bond acceptors (Lipinski definition) is 6. The zero-order valence-electron chi connectivity index (χ0n) is 14.6. The molecule has 28 heavy (non-hydrogen) atoms. The van der Waals surface area contributed by atoms with Crippen LogP contribution < -0.4 is 4.90 Å². The van der Waals surface area contributed by atoms with E-state index in [4.69, 9.17) is 23.2 Å². The summed E-state index contributed by atoms with van der Waals surface area (Å²) in [5.41, 5.74) is 0.834. The molecule has 0 N–H and O–H groups in total. The number of sulfonamides is 1. The number of tetrazole rings is 1. The SMILES string of the molecule is O=S(=O)(c1c(Cl)cccc1Cl)N1CCN(c2nnnn2-c2ccccc2)CC1. The smallest absolute Gasteiger partial charge is 0.250 e. The van der Waals surface area contributed by atoms with Gasteiger partial charge in [0.05, 0.1) is 15.7 Å². The minimum Gasteiger partial charge on any atom is -0.337 e. The molecule has 2 aromatic carbocycles. The number of para-hydroxylation sites is 1. The molecule has 1 aliphatic heterocycles. The normalized spacial score (nSPS) is 15.7. The molecule has 1 aromatic heterocycles. The average Bonchev–Trinajstić information content (AvgIpc) is 3.18. The summed E-state index contributed by atoms with van der Waals surface area (Å²) in [4.78, 5) is 1.90. The molecule has 2 heterocycles. The predicted octanol–water partition coefficient (Wildman–Crippen LogP) is 2.48. The van der Waals surface area contributed by atoms with Crippen LogP contribution in [0.5, 0.6) is 0 Å². The van der Waals surface area contributed by atoms with E-state index in [9.17, 15) is 8.42 Å². The van der Waals surface area contributed by atoms with Crippen LogP contribution in [0.4, 0.5) is 5.95 Å². The van der Waals surface area contributed by atoms with Crippen LogP contribution >= 0.6 is 23.2 Å². The van der Waals surface area contributed by atoms with Crippen molar-refractivity contribution >= 4 is 39.2 Å². The Kier molecular flexibility index (Phi) is 5.24. The number of aromatic nitrogens is 4. The highest BCUT2D eigenvalue weighted by Crippen LogP contribution is 2.32. The van der Waals surface area contributed by atoms with Crippen LogP contribution in [0.25, 0.3) is 5.69 Å². The lowest BCUT2D eigenvalue weighted by molar-refractivity contribution is 0.381. The van der Waals surface area contributed by atoms with Gasteiger partial charge in [-0.3, -0.25) is 0 Å². The summed E-state index contributed by atoms with van der Waals surface area (Å²) in [6.07, 6.45) is 0. The maximum atomic E-state index is 13.0. The van der Waals surface area contributed by atoms with Crippen molar-refractivity contribution in [3.63, 3.8) is 0 Å². The lowest BCUT2D eigenvalue weighted by Gasteiger charge is -2.34. The summed E-state index contributed by atoms with van der Waals surface area (Å²) in [5.74, 6) is 0.569. The Hall–Kier alpha value is -2.20. The minimum atomic E-state index is -3.79. The molecule has 1 aliphatic rings. The molecule has 8 nitrogen and oxygen atoms in total. The molecule has 0 bridgehead atoms. The summed E-state index contributed by atoms with van der Waals surface area (Å²) in [6.45, 7) is 1.42. The van der Waals surface area contributed by atoms with Gasteiger partial charge in [-0.2, -0.15) is 8.99 Å². The molecule has 11 heteroatoms. The number of piperazine rings is 1. The summed E-state index contributed by atoms with van der Waals surface area (Å²) in [5, 5.41) is 12.1. The van der Waals surface area contributed by atoms with E-state index >= 15 is 0 Å². The van der Waals surface area contributed by atoms with E-state index in [1.54, 1.807) is 10.7 Å². The van der Waals surface area contributed by atoms with Gasteiger partial charge < -0.3 is 4.90 Å². The summed E-state index contributed by atoms with van der Waals surface area (Å²) in [6, 6.07) is 14.2. The van der Waals surface area contributed by atoms with Gasteiger partial charge in [-0.15, -0.1) is 0 Å². The van der Waals surface area contributed by atoms with E-state index in [0.717, 1.165) is 5.69 Å². The van der Waals surface area contributed by atoms with Crippen molar-refractivity contribution in [2.24, 2.45) is 0 Å². The molecule has 0 unspecified atom stereocenters. The first kappa shape index (κ1) is 19.1. The Balaban J connectivity index is 1.54. The Bertz CT molecular complexity index is 1060. The third kappa shape index (κ3) is 3.46. The Morgan fingerprint density at radius 2 is 1.50 bits per heavy atom. The molecule has 0 spiro atoms. The largest absolute Gasteiger partial charge is 0.337 e. The first-order chi connectivity index (χ1) is 13.5. The topological polar surface area (TPSA) is 84.2 Å². The van der Waals surface area contributed by atoms with Gasteiger partial charge >= 0.3 is 0 Å². The highest BCUT2D eigenvalue weighted by atomic mass is 35.5. The van der Waals surface area contributed by atoms with E-state index in [1.165, 1.54) is 16.4 Å². The lowest BCUT2D eigenvalue weighted by atomic mass is 10.3. The van der Waals surface area contributed by atoms with Crippen molar-refractivity contribution in [3.05, 3.63) is 58.6 Å². The van der Waals surface area contributed by atoms with Crippen LogP contribution in [0, 0.1) is 0 Å². The van der Waals surface area contributed by atoms with E-state index in [-0.39, 0.29) is 28.0 Å². The molecule has 0 saturated carbocycles. The molecule has 4 rings (SSSR count). The quantitative estimate of drug-likeness (QED) is 0.621. The van der Waals surface area contributed by atoms with E-state index < -0.39 is 10.0 Å². The second kappa shape index (κ2) is 7.67. The molecule has 0 atom stereocenters. The maximum Gasteiger partial charge on any atom is 0.250 e. The third-order valence-electron chi connectivity index (χ3n) is 4.49. The molecule has 146 valence electrons. The van der Waals surface area contributed by atoms with Crippen molar-refractivity contribution in [3.8, 4) is 5.69 Å².